The minimum atomic E-state index is -0.180. The van der Waals surface area contributed by atoms with Crippen LogP contribution >= 0.6 is 0 Å². The second kappa shape index (κ2) is 9.93. The number of carbonyl (C=O) groups is 2. The molecule has 3 aromatic rings. The fraction of sp³-hybridized carbons (Fsp3) is 0.292. The van der Waals surface area contributed by atoms with Crippen molar-refractivity contribution in [3.8, 4) is 17.2 Å². The van der Waals surface area contributed by atoms with Gasteiger partial charge in [-0.3, -0.25) is 9.59 Å². The molecule has 0 unspecified atom stereocenters. The molecule has 162 valence electrons. The molecule has 7 heteroatoms. The zero-order valence-electron chi connectivity index (χ0n) is 18.3. The fourth-order valence-electron chi connectivity index (χ4n) is 3.41. The summed E-state index contributed by atoms with van der Waals surface area (Å²) in [5, 5.41) is 7.50. The zero-order valence-corrected chi connectivity index (χ0v) is 18.3. The van der Waals surface area contributed by atoms with Crippen LogP contribution in [-0.4, -0.2) is 35.7 Å². The van der Waals surface area contributed by atoms with Gasteiger partial charge in [0.05, 0.1) is 25.6 Å². The number of amides is 1. The Morgan fingerprint density at radius 2 is 1.68 bits per heavy atom. The van der Waals surface area contributed by atoms with Crippen molar-refractivity contribution in [1.29, 1.82) is 0 Å². The molecule has 0 aliphatic heterocycles. The molecule has 3 rings (SSSR count). The van der Waals surface area contributed by atoms with Crippen LogP contribution in [0.5, 0.6) is 11.5 Å². The van der Waals surface area contributed by atoms with Crippen molar-refractivity contribution in [2.45, 2.75) is 33.2 Å². The van der Waals surface area contributed by atoms with Gasteiger partial charge in [-0.05, 0) is 44.2 Å². The lowest BCUT2D eigenvalue weighted by Crippen LogP contribution is -2.24. The molecular weight excluding hydrogens is 394 g/mol. The van der Waals surface area contributed by atoms with Gasteiger partial charge in [0, 0.05) is 36.2 Å². The Hall–Kier alpha value is -3.61. The molecule has 0 aliphatic rings. The van der Waals surface area contributed by atoms with Crippen molar-refractivity contribution in [2.24, 2.45) is 0 Å². The first-order chi connectivity index (χ1) is 14.9. The third-order valence-corrected chi connectivity index (χ3v) is 5.19. The molecule has 1 N–H and O–H groups in total. The first-order valence-electron chi connectivity index (χ1n) is 10.1. The average Bonchev–Trinajstić information content (AvgIpc) is 3.09. The number of rotatable bonds is 9. The molecular formula is C24H27N3O4. The van der Waals surface area contributed by atoms with Crippen molar-refractivity contribution < 1.29 is 19.1 Å². The largest absolute Gasteiger partial charge is 0.493 e. The standard InChI is InChI=1S/C24H27N3O4/c1-16-20(17(2)27(26-16)19-8-6-5-7-9-19)15-25-24(29)13-11-21(28)18-10-12-22(30-3)23(14-18)31-4/h5-10,12,14H,11,13,15H2,1-4H3,(H,25,29). The summed E-state index contributed by atoms with van der Waals surface area (Å²) >= 11 is 0. The molecule has 0 atom stereocenters. The monoisotopic (exact) mass is 421 g/mol. The summed E-state index contributed by atoms with van der Waals surface area (Å²) < 4.78 is 12.3. The van der Waals surface area contributed by atoms with E-state index in [0.29, 0.717) is 23.6 Å². The Bertz CT molecular complexity index is 1070. The minimum absolute atomic E-state index is 0.109. The number of hydrogen-bond donors (Lipinski definition) is 1. The molecule has 31 heavy (non-hydrogen) atoms. The predicted molar refractivity (Wildman–Crippen MR) is 118 cm³/mol. The quantitative estimate of drug-likeness (QED) is 0.532. The third-order valence-electron chi connectivity index (χ3n) is 5.19. The van der Waals surface area contributed by atoms with E-state index in [0.717, 1.165) is 22.6 Å². The van der Waals surface area contributed by atoms with Gasteiger partial charge in [-0.1, -0.05) is 18.2 Å². The molecule has 2 aromatic carbocycles. The highest BCUT2D eigenvalue weighted by atomic mass is 16.5. The van der Waals surface area contributed by atoms with E-state index in [2.05, 4.69) is 10.4 Å². The lowest BCUT2D eigenvalue weighted by atomic mass is 10.1. The average molecular weight is 421 g/mol. The first kappa shape index (κ1) is 22.1. The van der Waals surface area contributed by atoms with Crippen molar-refractivity contribution in [2.75, 3.05) is 14.2 Å². The van der Waals surface area contributed by atoms with Gasteiger partial charge < -0.3 is 14.8 Å². The zero-order chi connectivity index (χ0) is 22.4. The van der Waals surface area contributed by atoms with E-state index in [1.807, 2.05) is 48.9 Å². The number of benzene rings is 2. The molecule has 1 heterocycles. The molecule has 0 saturated carbocycles. The summed E-state index contributed by atoms with van der Waals surface area (Å²) in [6.07, 6.45) is 0.223. The fourth-order valence-corrected chi connectivity index (χ4v) is 3.41. The van der Waals surface area contributed by atoms with Gasteiger partial charge in [0.15, 0.2) is 17.3 Å². The van der Waals surface area contributed by atoms with E-state index in [4.69, 9.17) is 9.47 Å². The Morgan fingerprint density at radius 1 is 0.968 bits per heavy atom. The summed E-state index contributed by atoms with van der Waals surface area (Å²) in [6.45, 7) is 4.28. The van der Waals surface area contributed by atoms with Crippen LogP contribution in [0, 0.1) is 13.8 Å². The first-order valence-corrected chi connectivity index (χ1v) is 10.1. The van der Waals surface area contributed by atoms with E-state index in [1.54, 1.807) is 18.2 Å². The molecule has 0 aliphatic carbocycles. The predicted octanol–water partition coefficient (Wildman–Crippen LogP) is 3.79. The summed E-state index contributed by atoms with van der Waals surface area (Å²) in [5.41, 5.74) is 4.28. The number of nitrogens with zero attached hydrogens (tertiary/aromatic N) is 2. The van der Waals surface area contributed by atoms with Crippen molar-refractivity contribution in [3.05, 3.63) is 71.0 Å². The lowest BCUT2D eigenvalue weighted by Gasteiger charge is -2.09. The van der Waals surface area contributed by atoms with Crippen molar-refractivity contribution in [1.82, 2.24) is 15.1 Å². The second-order valence-corrected chi connectivity index (χ2v) is 7.17. The lowest BCUT2D eigenvalue weighted by molar-refractivity contribution is -0.121. The number of ether oxygens (including phenoxy) is 2. The highest BCUT2D eigenvalue weighted by Gasteiger charge is 2.15. The van der Waals surface area contributed by atoms with Gasteiger partial charge in [0.25, 0.3) is 0 Å². The molecule has 0 bridgehead atoms. The number of Topliss-reactive ketones (excluding diaryl/α,β-unsaturated/α-hetero) is 1. The van der Waals surface area contributed by atoms with E-state index in [1.165, 1.54) is 14.2 Å². The van der Waals surface area contributed by atoms with Crippen LogP contribution in [0.1, 0.15) is 40.2 Å². The maximum atomic E-state index is 12.5. The Kier molecular flexibility index (Phi) is 7.07. The van der Waals surface area contributed by atoms with Gasteiger partial charge in [-0.2, -0.15) is 5.10 Å². The Labute approximate surface area is 182 Å². The van der Waals surface area contributed by atoms with E-state index < -0.39 is 0 Å². The highest BCUT2D eigenvalue weighted by molar-refractivity contribution is 5.98. The summed E-state index contributed by atoms with van der Waals surface area (Å²) in [4.78, 5) is 24.8. The van der Waals surface area contributed by atoms with Crippen LogP contribution in [0.25, 0.3) is 5.69 Å². The number of para-hydroxylation sites is 1. The maximum Gasteiger partial charge on any atom is 0.220 e. The molecule has 1 aromatic heterocycles. The second-order valence-electron chi connectivity index (χ2n) is 7.17. The van der Waals surface area contributed by atoms with Crippen LogP contribution in [0.15, 0.2) is 48.5 Å². The van der Waals surface area contributed by atoms with E-state index in [-0.39, 0.29) is 24.5 Å². The number of carbonyl (C=O) groups excluding carboxylic acids is 2. The Morgan fingerprint density at radius 3 is 2.35 bits per heavy atom. The van der Waals surface area contributed by atoms with Gasteiger partial charge in [-0.25, -0.2) is 4.68 Å². The van der Waals surface area contributed by atoms with Gasteiger partial charge >= 0.3 is 0 Å². The maximum absolute atomic E-state index is 12.5. The molecule has 1 amide bonds. The normalized spacial score (nSPS) is 10.6. The smallest absolute Gasteiger partial charge is 0.220 e. The van der Waals surface area contributed by atoms with Crippen LogP contribution in [0.4, 0.5) is 0 Å². The number of aryl methyl sites for hydroxylation is 1. The van der Waals surface area contributed by atoms with Gasteiger partial charge in [0.1, 0.15) is 0 Å². The number of ketones is 1. The van der Waals surface area contributed by atoms with Crippen molar-refractivity contribution in [3.63, 3.8) is 0 Å². The van der Waals surface area contributed by atoms with Crippen LogP contribution < -0.4 is 14.8 Å². The topological polar surface area (TPSA) is 82.5 Å². The molecule has 7 nitrogen and oxygen atoms in total. The van der Waals surface area contributed by atoms with E-state index in [9.17, 15) is 9.59 Å². The minimum Gasteiger partial charge on any atom is -0.493 e. The Balaban J connectivity index is 1.58. The number of aromatic nitrogens is 2. The van der Waals surface area contributed by atoms with Gasteiger partial charge in [-0.15, -0.1) is 0 Å². The third kappa shape index (κ3) is 5.12. The highest BCUT2D eigenvalue weighted by Crippen LogP contribution is 2.28. The number of nitrogens with one attached hydrogen (secondary N) is 1. The van der Waals surface area contributed by atoms with Crippen LogP contribution in [0.3, 0.4) is 0 Å². The van der Waals surface area contributed by atoms with E-state index >= 15 is 0 Å². The summed E-state index contributed by atoms with van der Waals surface area (Å²) in [6, 6.07) is 14.8. The molecule has 0 radical (unpaired) electrons. The van der Waals surface area contributed by atoms with Crippen molar-refractivity contribution >= 4 is 11.7 Å². The molecule has 0 fully saturated rings. The summed E-state index contributed by atoms with van der Waals surface area (Å²) in [7, 11) is 3.06. The number of methoxy groups -OCH3 is 2. The number of hydrogen-bond acceptors (Lipinski definition) is 5. The molecule has 0 saturated heterocycles. The van der Waals surface area contributed by atoms with Crippen LogP contribution in [-0.2, 0) is 11.3 Å². The van der Waals surface area contributed by atoms with Crippen LogP contribution in [0.2, 0.25) is 0 Å². The molecule has 0 spiro atoms. The van der Waals surface area contributed by atoms with Gasteiger partial charge in [0.2, 0.25) is 5.91 Å². The SMILES string of the molecule is COc1ccc(C(=O)CCC(=O)NCc2c(C)nn(-c3ccccc3)c2C)cc1OC. The summed E-state index contributed by atoms with van der Waals surface area (Å²) in [5.74, 6) is 0.734.